The minimum atomic E-state index is -0.590. The predicted octanol–water partition coefficient (Wildman–Crippen LogP) is 4.09. The summed E-state index contributed by atoms with van der Waals surface area (Å²) < 4.78 is 5.87. The number of aliphatic hydroxyl groups is 1. The van der Waals surface area contributed by atoms with Crippen LogP contribution in [0, 0.1) is 10.1 Å². The number of nitro benzene ring substituents is 1. The van der Waals surface area contributed by atoms with Crippen molar-refractivity contribution in [1.29, 1.82) is 0 Å². The van der Waals surface area contributed by atoms with E-state index in [1.807, 2.05) is 36.7 Å². The zero-order valence-electron chi connectivity index (χ0n) is 17.5. The highest BCUT2D eigenvalue weighted by molar-refractivity contribution is 5.94. The number of aromatic amines is 2. The van der Waals surface area contributed by atoms with E-state index in [4.69, 9.17) is 4.74 Å². The van der Waals surface area contributed by atoms with Gasteiger partial charge in [-0.25, -0.2) is 0 Å². The van der Waals surface area contributed by atoms with Crippen molar-refractivity contribution >= 4 is 33.1 Å². The second-order valence-corrected chi connectivity index (χ2v) is 8.09. The monoisotopic (exact) mass is 432 g/mol. The van der Waals surface area contributed by atoms with Crippen molar-refractivity contribution in [3.05, 3.63) is 76.6 Å². The third-order valence-electron chi connectivity index (χ3n) is 5.97. The average molecular weight is 432 g/mol. The molecule has 2 aromatic carbocycles. The van der Waals surface area contributed by atoms with Gasteiger partial charge in [0.25, 0.3) is 5.69 Å². The first-order valence-corrected chi connectivity index (χ1v) is 10.6. The molecule has 32 heavy (non-hydrogen) atoms. The van der Waals surface area contributed by atoms with E-state index in [9.17, 15) is 15.2 Å². The van der Waals surface area contributed by atoms with Gasteiger partial charge < -0.3 is 19.8 Å². The maximum absolute atomic E-state index is 11.0. The van der Waals surface area contributed by atoms with Gasteiger partial charge in [-0.2, -0.15) is 0 Å². The Labute approximate surface area is 184 Å². The van der Waals surface area contributed by atoms with E-state index >= 15 is 0 Å². The van der Waals surface area contributed by atoms with Crippen LogP contribution in [0.25, 0.3) is 27.4 Å². The lowest BCUT2D eigenvalue weighted by molar-refractivity contribution is -0.384. The van der Waals surface area contributed by atoms with Crippen LogP contribution in [0.15, 0.2) is 60.9 Å². The van der Waals surface area contributed by atoms with Gasteiger partial charge in [-0.1, -0.05) is 12.1 Å². The lowest BCUT2D eigenvalue weighted by Gasteiger charge is -2.28. The molecule has 3 heterocycles. The number of nitrogens with zero attached hydrogens (tertiary/aromatic N) is 2. The summed E-state index contributed by atoms with van der Waals surface area (Å²) in [6.45, 7) is 2.33. The fraction of sp³-hybridized carbons (Fsp3) is 0.250. The molecule has 0 unspecified atom stereocenters. The van der Waals surface area contributed by atoms with Crippen molar-refractivity contribution in [3.63, 3.8) is 0 Å². The summed E-state index contributed by atoms with van der Waals surface area (Å²) in [5, 5.41) is 23.5. The van der Waals surface area contributed by atoms with Gasteiger partial charge in [-0.05, 0) is 36.3 Å². The van der Waals surface area contributed by atoms with E-state index in [-0.39, 0.29) is 17.2 Å². The van der Waals surface area contributed by atoms with Crippen molar-refractivity contribution in [1.82, 2.24) is 14.9 Å². The normalized spacial score (nSPS) is 15.7. The van der Waals surface area contributed by atoms with Crippen molar-refractivity contribution in [2.45, 2.75) is 12.5 Å². The lowest BCUT2D eigenvalue weighted by Crippen LogP contribution is -2.38. The third-order valence-corrected chi connectivity index (χ3v) is 5.97. The number of non-ortho nitro benzene ring substituents is 1. The molecular formula is C24H24N4O4. The molecule has 8 nitrogen and oxygen atoms in total. The van der Waals surface area contributed by atoms with Gasteiger partial charge in [0, 0.05) is 66.0 Å². The number of fused-ring (bicyclic) bond motifs is 2. The van der Waals surface area contributed by atoms with E-state index < -0.39 is 6.10 Å². The predicted molar refractivity (Wildman–Crippen MR) is 124 cm³/mol. The molecule has 0 radical (unpaired) electrons. The number of rotatable bonds is 7. The Hall–Kier alpha value is -3.62. The van der Waals surface area contributed by atoms with Gasteiger partial charge in [-0.15, -0.1) is 0 Å². The van der Waals surface area contributed by atoms with Gasteiger partial charge in [0.15, 0.2) is 0 Å². The molecule has 0 bridgehead atoms. The van der Waals surface area contributed by atoms with Gasteiger partial charge in [0.1, 0.15) is 18.5 Å². The fourth-order valence-corrected chi connectivity index (χ4v) is 4.33. The zero-order chi connectivity index (χ0) is 22.1. The van der Waals surface area contributed by atoms with E-state index in [0.717, 1.165) is 52.6 Å². The van der Waals surface area contributed by atoms with Gasteiger partial charge >= 0.3 is 0 Å². The molecule has 0 fully saturated rings. The second-order valence-electron chi connectivity index (χ2n) is 8.09. The van der Waals surface area contributed by atoms with Crippen molar-refractivity contribution in [2.24, 2.45) is 0 Å². The van der Waals surface area contributed by atoms with E-state index in [2.05, 4.69) is 20.9 Å². The molecule has 0 saturated heterocycles. The second kappa shape index (κ2) is 8.49. The molecule has 3 N–H and O–H groups in total. The Kier molecular flexibility index (Phi) is 5.38. The smallest absolute Gasteiger partial charge is 0.271 e. The maximum atomic E-state index is 11.0. The molecule has 0 amide bonds. The Morgan fingerprint density at radius 1 is 1.16 bits per heavy atom. The number of β-amino-alcohol motifs (C(OH)–C–C–N with tert-alkyl or cyclic N) is 1. The molecular weight excluding hydrogens is 408 g/mol. The Balaban J connectivity index is 1.19. The number of ether oxygens (including phenoxy) is 1. The molecule has 0 saturated carbocycles. The molecule has 2 aromatic heterocycles. The van der Waals surface area contributed by atoms with E-state index in [1.54, 1.807) is 18.2 Å². The molecule has 164 valence electrons. The van der Waals surface area contributed by atoms with Crippen molar-refractivity contribution < 1.29 is 14.8 Å². The first kappa shape index (κ1) is 20.3. The van der Waals surface area contributed by atoms with Crippen LogP contribution in [0.3, 0.4) is 0 Å². The Morgan fingerprint density at radius 2 is 2.06 bits per heavy atom. The number of aromatic nitrogens is 2. The quantitative estimate of drug-likeness (QED) is 0.301. The molecule has 1 aliphatic rings. The molecule has 4 aromatic rings. The lowest BCUT2D eigenvalue weighted by atomic mass is 9.98. The topological polar surface area (TPSA) is 107 Å². The molecule has 1 aliphatic heterocycles. The first-order chi connectivity index (χ1) is 15.6. The molecule has 8 heteroatoms. The SMILES string of the molecule is O=[N+]([O-])c1ccc2c(C3=CCN(C[C@H](O)COc4cccc5[nH]ccc45)CC3)c[nH]c2c1. The summed E-state index contributed by atoms with van der Waals surface area (Å²) >= 11 is 0. The summed E-state index contributed by atoms with van der Waals surface area (Å²) in [6.07, 6.45) is 6.22. The van der Waals surface area contributed by atoms with Gasteiger partial charge in [0.05, 0.1) is 10.4 Å². The standard InChI is InChI=1S/C24H24N4O4/c29-18(15-32-24-3-1-2-22-20(24)6-9-25-22)14-27-10-7-16(8-11-27)21-13-26-23-12-17(28(30)31)4-5-19(21)23/h1-7,9,12-13,18,25-26,29H,8,10-11,14-15H2/t18-/m0/s1. The highest BCUT2D eigenvalue weighted by Gasteiger charge is 2.19. The van der Waals surface area contributed by atoms with Crippen LogP contribution in [0.4, 0.5) is 5.69 Å². The van der Waals surface area contributed by atoms with Crippen LogP contribution in [0.2, 0.25) is 0 Å². The highest BCUT2D eigenvalue weighted by Crippen LogP contribution is 2.31. The molecule has 0 spiro atoms. The number of hydrogen-bond acceptors (Lipinski definition) is 5. The largest absolute Gasteiger partial charge is 0.490 e. The van der Waals surface area contributed by atoms with Gasteiger partial charge in [-0.3, -0.25) is 15.0 Å². The Morgan fingerprint density at radius 3 is 2.88 bits per heavy atom. The van der Waals surface area contributed by atoms with Crippen molar-refractivity contribution in [3.8, 4) is 5.75 Å². The molecule has 0 aliphatic carbocycles. The number of nitrogens with one attached hydrogen (secondary N) is 2. The van der Waals surface area contributed by atoms with E-state index in [1.165, 1.54) is 5.57 Å². The van der Waals surface area contributed by atoms with Crippen LogP contribution >= 0.6 is 0 Å². The summed E-state index contributed by atoms with van der Waals surface area (Å²) in [7, 11) is 0. The van der Waals surface area contributed by atoms with Crippen LogP contribution in [0.1, 0.15) is 12.0 Å². The zero-order valence-corrected chi connectivity index (χ0v) is 17.5. The number of aliphatic hydroxyl groups excluding tert-OH is 1. The summed E-state index contributed by atoms with van der Waals surface area (Å²) in [5.74, 6) is 0.767. The van der Waals surface area contributed by atoms with Crippen LogP contribution in [0.5, 0.6) is 5.75 Å². The first-order valence-electron chi connectivity index (χ1n) is 10.6. The van der Waals surface area contributed by atoms with Crippen LogP contribution in [-0.4, -0.2) is 57.2 Å². The fourth-order valence-electron chi connectivity index (χ4n) is 4.33. The minimum Gasteiger partial charge on any atom is -0.490 e. The van der Waals surface area contributed by atoms with E-state index in [0.29, 0.717) is 6.54 Å². The number of H-pyrrole nitrogens is 2. The molecule has 1 atom stereocenters. The summed E-state index contributed by atoms with van der Waals surface area (Å²) in [5.41, 5.74) is 4.16. The van der Waals surface area contributed by atoms with Crippen LogP contribution < -0.4 is 4.74 Å². The minimum absolute atomic E-state index is 0.0821. The summed E-state index contributed by atoms with van der Waals surface area (Å²) in [6, 6.07) is 12.7. The number of benzene rings is 2. The summed E-state index contributed by atoms with van der Waals surface area (Å²) in [4.78, 5) is 19.1. The molecule has 5 rings (SSSR count). The van der Waals surface area contributed by atoms with Crippen molar-refractivity contribution in [2.75, 3.05) is 26.2 Å². The average Bonchev–Trinajstić information content (AvgIpc) is 3.45. The van der Waals surface area contributed by atoms with Gasteiger partial charge in [0.2, 0.25) is 0 Å². The maximum Gasteiger partial charge on any atom is 0.271 e. The Bertz CT molecular complexity index is 1310. The number of hydrogen-bond donors (Lipinski definition) is 3. The van der Waals surface area contributed by atoms with Crippen LogP contribution in [-0.2, 0) is 0 Å². The highest BCUT2D eigenvalue weighted by atomic mass is 16.6. The number of nitro groups is 1. The third kappa shape index (κ3) is 3.98.